The van der Waals surface area contributed by atoms with Crippen LogP contribution in [0, 0.1) is 11.6 Å². The van der Waals surface area contributed by atoms with Crippen molar-refractivity contribution in [2.24, 2.45) is 0 Å². The zero-order valence-electron chi connectivity index (χ0n) is 19.1. The molecule has 4 rings (SSSR count). The monoisotopic (exact) mass is 515 g/mol. The van der Waals surface area contributed by atoms with Gasteiger partial charge in [-0.05, 0) is 65.7 Å². The summed E-state index contributed by atoms with van der Waals surface area (Å²) < 4.78 is 73.2. The number of carboxylic acid groups (broad SMARTS) is 1. The normalized spacial score (nSPS) is 12.3. The molecule has 0 fully saturated rings. The van der Waals surface area contributed by atoms with Crippen LogP contribution in [0.3, 0.4) is 0 Å². The summed E-state index contributed by atoms with van der Waals surface area (Å²) in [6, 6.07) is 12.9. The number of carbonyl (C=O) groups excluding carboxylic acids is 1. The lowest BCUT2D eigenvalue weighted by Crippen LogP contribution is -2.18. The number of Topliss-reactive ketones (excluding diaryl/α,β-unsaturated/α-hetero) is 1. The summed E-state index contributed by atoms with van der Waals surface area (Å²) in [5, 5.41) is 9.27. The molecule has 0 spiro atoms. The molecule has 0 saturated carbocycles. The van der Waals surface area contributed by atoms with Crippen LogP contribution in [0.15, 0.2) is 72.9 Å². The highest BCUT2D eigenvalue weighted by Crippen LogP contribution is 2.38. The number of carboxylic acids is 1. The first-order chi connectivity index (χ1) is 17.5. The number of methoxy groups -OCH3 is 1. The molecule has 1 unspecified atom stereocenters. The first-order valence-electron chi connectivity index (χ1n) is 10.8. The molecule has 0 amide bonds. The number of aromatic amines is 1. The van der Waals surface area contributed by atoms with E-state index in [9.17, 15) is 36.6 Å². The minimum Gasteiger partial charge on any atom is -0.496 e. The summed E-state index contributed by atoms with van der Waals surface area (Å²) >= 11 is 0. The van der Waals surface area contributed by atoms with Crippen LogP contribution >= 0.6 is 0 Å². The molecule has 0 aliphatic carbocycles. The Hall–Kier alpha value is -4.47. The van der Waals surface area contributed by atoms with Gasteiger partial charge in [0.2, 0.25) is 0 Å². The second kappa shape index (κ2) is 9.88. The van der Waals surface area contributed by atoms with E-state index in [2.05, 4.69) is 4.98 Å². The molecule has 0 aliphatic heterocycles. The van der Waals surface area contributed by atoms with Crippen molar-refractivity contribution in [3.8, 4) is 16.9 Å². The number of nitrogens with one attached hydrogen (secondary N) is 1. The van der Waals surface area contributed by atoms with Crippen LogP contribution in [0.5, 0.6) is 5.75 Å². The van der Waals surface area contributed by atoms with Gasteiger partial charge in [-0.2, -0.15) is 13.2 Å². The number of ketones is 1. The molecule has 0 aliphatic rings. The smallest absolute Gasteiger partial charge is 0.416 e. The number of aromatic carboxylic acids is 1. The second-order valence-electron chi connectivity index (χ2n) is 8.07. The van der Waals surface area contributed by atoms with E-state index in [1.54, 1.807) is 18.2 Å². The third-order valence-corrected chi connectivity index (χ3v) is 5.83. The van der Waals surface area contributed by atoms with E-state index in [0.717, 1.165) is 18.2 Å². The summed E-state index contributed by atoms with van der Waals surface area (Å²) in [4.78, 5) is 27.9. The molecule has 0 saturated heterocycles. The number of hydrogen-bond acceptors (Lipinski definition) is 3. The average Bonchev–Trinajstić information content (AvgIpc) is 3.38. The third-order valence-electron chi connectivity index (χ3n) is 5.83. The molecule has 1 aromatic heterocycles. The maximum Gasteiger partial charge on any atom is 0.416 e. The topological polar surface area (TPSA) is 79.4 Å². The number of aromatic nitrogens is 1. The zero-order valence-corrected chi connectivity index (χ0v) is 19.1. The average molecular weight is 515 g/mol. The number of carbonyl (C=O) groups is 2. The van der Waals surface area contributed by atoms with Crippen molar-refractivity contribution in [2.45, 2.75) is 12.1 Å². The molecule has 5 nitrogen and oxygen atoms in total. The summed E-state index contributed by atoms with van der Waals surface area (Å²) in [6.07, 6.45) is -3.27. The Balaban J connectivity index is 1.87. The van der Waals surface area contributed by atoms with Gasteiger partial charge in [0.25, 0.3) is 0 Å². The van der Waals surface area contributed by atoms with E-state index in [1.165, 1.54) is 31.5 Å². The summed E-state index contributed by atoms with van der Waals surface area (Å²) in [5.74, 6) is -5.58. The highest BCUT2D eigenvalue weighted by atomic mass is 19.4. The Bertz CT molecular complexity index is 1480. The number of halogens is 5. The van der Waals surface area contributed by atoms with Gasteiger partial charge in [0.05, 0.1) is 29.7 Å². The number of alkyl halides is 3. The van der Waals surface area contributed by atoms with E-state index in [-0.39, 0.29) is 17.4 Å². The SMILES string of the molecule is COc1ccc(-c2ccc(F)c(C(=O)O)c2)cc1C(C(=O)c1ccc(C(F)(F)F)cc1F)c1ccc[nH]1. The summed E-state index contributed by atoms with van der Waals surface area (Å²) in [7, 11) is 1.34. The van der Waals surface area contributed by atoms with Gasteiger partial charge >= 0.3 is 12.1 Å². The minimum absolute atomic E-state index is 0.213. The molecule has 3 aromatic carbocycles. The second-order valence-corrected chi connectivity index (χ2v) is 8.07. The van der Waals surface area contributed by atoms with Gasteiger partial charge in [0.15, 0.2) is 5.78 Å². The van der Waals surface area contributed by atoms with Crippen LogP contribution in [0.1, 0.15) is 43.5 Å². The molecule has 4 aromatic rings. The number of hydrogen-bond donors (Lipinski definition) is 2. The molecule has 190 valence electrons. The first kappa shape index (κ1) is 25.6. The quantitative estimate of drug-likeness (QED) is 0.212. The van der Waals surface area contributed by atoms with Crippen molar-refractivity contribution in [1.82, 2.24) is 4.98 Å². The van der Waals surface area contributed by atoms with Crippen LogP contribution in [0.2, 0.25) is 0 Å². The fraction of sp³-hybridized carbons (Fsp3) is 0.111. The number of benzene rings is 3. The van der Waals surface area contributed by atoms with Crippen molar-refractivity contribution < 1.29 is 41.4 Å². The maximum atomic E-state index is 14.8. The van der Waals surface area contributed by atoms with Crippen LogP contribution in [0.4, 0.5) is 22.0 Å². The molecular formula is C27H18F5NO4. The number of H-pyrrole nitrogens is 1. The van der Waals surface area contributed by atoms with E-state index < -0.39 is 52.2 Å². The lowest BCUT2D eigenvalue weighted by molar-refractivity contribution is -0.137. The van der Waals surface area contributed by atoms with Gasteiger partial charge in [0.1, 0.15) is 17.4 Å². The first-order valence-corrected chi connectivity index (χ1v) is 10.8. The molecule has 1 heterocycles. The molecule has 1 atom stereocenters. The predicted octanol–water partition coefficient (Wildman–Crippen LogP) is 6.70. The Morgan fingerprint density at radius 1 is 0.892 bits per heavy atom. The van der Waals surface area contributed by atoms with Gasteiger partial charge in [-0.3, -0.25) is 4.79 Å². The van der Waals surface area contributed by atoms with Crippen molar-refractivity contribution in [1.29, 1.82) is 0 Å². The van der Waals surface area contributed by atoms with E-state index in [1.807, 2.05) is 0 Å². The van der Waals surface area contributed by atoms with Gasteiger partial charge in [-0.1, -0.05) is 12.1 Å². The Morgan fingerprint density at radius 2 is 1.59 bits per heavy atom. The Kier molecular flexibility index (Phi) is 6.84. The van der Waals surface area contributed by atoms with Gasteiger partial charge in [0, 0.05) is 17.5 Å². The van der Waals surface area contributed by atoms with Gasteiger partial charge in [-0.25, -0.2) is 13.6 Å². The predicted molar refractivity (Wildman–Crippen MR) is 124 cm³/mol. The zero-order chi connectivity index (χ0) is 26.9. The molecule has 0 bridgehead atoms. The van der Waals surface area contributed by atoms with Crippen molar-refractivity contribution in [3.05, 3.63) is 113 Å². The molecule has 2 N–H and O–H groups in total. The molecule has 37 heavy (non-hydrogen) atoms. The fourth-order valence-corrected chi connectivity index (χ4v) is 4.03. The van der Waals surface area contributed by atoms with Gasteiger partial charge in [-0.15, -0.1) is 0 Å². The largest absolute Gasteiger partial charge is 0.496 e. The fourth-order valence-electron chi connectivity index (χ4n) is 4.03. The number of rotatable bonds is 7. The summed E-state index contributed by atoms with van der Waals surface area (Å²) in [5.41, 5.74) is -1.09. The standard InChI is InChI=1S/C27H18F5NO4/c1-37-23-9-5-15(14-4-8-20(28)18(11-14)26(35)36)12-19(23)24(22-3-2-10-33-22)25(34)17-7-6-16(13-21(17)29)27(30,31)32/h2-13,24,33H,1H3,(H,35,36). The highest BCUT2D eigenvalue weighted by molar-refractivity contribution is 6.03. The molecule has 10 heteroatoms. The molecule has 0 radical (unpaired) electrons. The Labute approximate surface area is 207 Å². The minimum atomic E-state index is -4.79. The third kappa shape index (κ3) is 5.09. The van der Waals surface area contributed by atoms with Gasteiger partial charge < -0.3 is 14.8 Å². The number of ether oxygens (including phenoxy) is 1. The van der Waals surface area contributed by atoms with E-state index >= 15 is 0 Å². The van der Waals surface area contributed by atoms with Crippen molar-refractivity contribution in [2.75, 3.05) is 7.11 Å². The molecular weight excluding hydrogens is 497 g/mol. The summed E-state index contributed by atoms with van der Waals surface area (Å²) in [6.45, 7) is 0. The lowest BCUT2D eigenvalue weighted by atomic mass is 9.85. The van der Waals surface area contributed by atoms with Crippen LogP contribution < -0.4 is 4.74 Å². The van der Waals surface area contributed by atoms with E-state index in [4.69, 9.17) is 4.74 Å². The Morgan fingerprint density at radius 3 is 2.19 bits per heavy atom. The van der Waals surface area contributed by atoms with Crippen LogP contribution in [0.25, 0.3) is 11.1 Å². The van der Waals surface area contributed by atoms with E-state index in [0.29, 0.717) is 22.9 Å². The lowest BCUT2D eigenvalue weighted by Gasteiger charge is -2.20. The maximum absolute atomic E-state index is 14.8. The van der Waals surface area contributed by atoms with Crippen molar-refractivity contribution >= 4 is 11.8 Å². The highest BCUT2D eigenvalue weighted by Gasteiger charge is 2.34. The van der Waals surface area contributed by atoms with Crippen LogP contribution in [-0.4, -0.2) is 29.0 Å². The van der Waals surface area contributed by atoms with Crippen LogP contribution in [-0.2, 0) is 6.18 Å². The van der Waals surface area contributed by atoms with Crippen molar-refractivity contribution in [3.63, 3.8) is 0 Å².